The van der Waals surface area contributed by atoms with Crippen molar-refractivity contribution in [2.24, 2.45) is 11.7 Å². The quantitative estimate of drug-likeness (QED) is 0.827. The first-order valence-corrected chi connectivity index (χ1v) is 8.36. The van der Waals surface area contributed by atoms with E-state index in [0.29, 0.717) is 19.1 Å². The molecule has 0 unspecified atom stereocenters. The summed E-state index contributed by atoms with van der Waals surface area (Å²) < 4.78 is 5.78. The van der Waals surface area contributed by atoms with Gasteiger partial charge in [-0.3, -0.25) is 9.59 Å². The van der Waals surface area contributed by atoms with Crippen LogP contribution in [0.5, 0.6) is 5.75 Å². The lowest BCUT2D eigenvalue weighted by molar-refractivity contribution is -0.147. The van der Waals surface area contributed by atoms with E-state index in [1.54, 1.807) is 4.90 Å². The number of carbonyl (C=O) groups excluding carboxylic acids is 2. The minimum atomic E-state index is -0.896. The van der Waals surface area contributed by atoms with Crippen LogP contribution in [-0.2, 0) is 9.59 Å². The molecular formula is C18H27N3O3. The van der Waals surface area contributed by atoms with Crippen LogP contribution < -0.4 is 10.5 Å². The average Bonchev–Trinajstić information content (AvgIpc) is 2.54. The first-order chi connectivity index (χ1) is 11.4. The fourth-order valence-electron chi connectivity index (χ4n) is 3.02. The van der Waals surface area contributed by atoms with Crippen LogP contribution in [0.2, 0.25) is 0 Å². The number of hydrogen-bond acceptors (Lipinski definition) is 4. The van der Waals surface area contributed by atoms with E-state index in [9.17, 15) is 9.59 Å². The Hall–Kier alpha value is -2.08. The summed E-state index contributed by atoms with van der Waals surface area (Å²) in [6.07, 6.45) is 1.83. The van der Waals surface area contributed by atoms with E-state index < -0.39 is 11.8 Å². The fraction of sp³-hybridized carbons (Fsp3) is 0.556. The van der Waals surface area contributed by atoms with Gasteiger partial charge in [-0.25, -0.2) is 0 Å². The molecule has 0 spiro atoms. The molecule has 2 amide bonds. The van der Waals surface area contributed by atoms with Gasteiger partial charge in [-0.2, -0.15) is 0 Å². The summed E-state index contributed by atoms with van der Waals surface area (Å²) in [6, 6.07) is 7.63. The SMILES string of the molecule is C[C@H]1CC[C@H](c2cccc(OCCN(C)C)c2)N(C(=O)C(N)=O)C1. The van der Waals surface area contributed by atoms with Crippen molar-refractivity contribution >= 4 is 11.8 Å². The van der Waals surface area contributed by atoms with Gasteiger partial charge in [-0.15, -0.1) is 0 Å². The van der Waals surface area contributed by atoms with Crippen molar-refractivity contribution in [2.75, 3.05) is 33.8 Å². The Morgan fingerprint density at radius 3 is 2.75 bits per heavy atom. The van der Waals surface area contributed by atoms with Crippen LogP contribution in [-0.4, -0.2) is 55.4 Å². The van der Waals surface area contributed by atoms with Crippen molar-refractivity contribution in [1.29, 1.82) is 0 Å². The minimum absolute atomic E-state index is 0.126. The highest BCUT2D eigenvalue weighted by atomic mass is 16.5. The molecule has 0 saturated carbocycles. The normalized spacial score (nSPS) is 20.9. The number of nitrogens with zero attached hydrogens (tertiary/aromatic N) is 2. The molecule has 1 fully saturated rings. The number of nitrogens with two attached hydrogens (primary N) is 1. The Morgan fingerprint density at radius 1 is 1.33 bits per heavy atom. The Labute approximate surface area is 143 Å². The molecule has 2 atom stereocenters. The molecule has 0 aliphatic carbocycles. The molecule has 1 heterocycles. The monoisotopic (exact) mass is 333 g/mol. The van der Waals surface area contributed by atoms with E-state index in [1.165, 1.54) is 0 Å². The first kappa shape index (κ1) is 18.3. The number of likely N-dealkylation sites (tertiary alicyclic amines) is 1. The van der Waals surface area contributed by atoms with Gasteiger partial charge in [0.1, 0.15) is 12.4 Å². The molecule has 1 aromatic rings. The molecule has 0 radical (unpaired) electrons. The molecule has 1 aliphatic heterocycles. The maximum atomic E-state index is 12.2. The predicted octanol–water partition coefficient (Wildman–Crippen LogP) is 1.41. The molecule has 2 N–H and O–H groups in total. The van der Waals surface area contributed by atoms with E-state index in [0.717, 1.165) is 30.7 Å². The molecule has 0 aromatic heterocycles. The maximum absolute atomic E-state index is 12.2. The zero-order valence-corrected chi connectivity index (χ0v) is 14.7. The van der Waals surface area contributed by atoms with Crippen LogP contribution in [0.3, 0.4) is 0 Å². The van der Waals surface area contributed by atoms with Crippen molar-refractivity contribution in [3.63, 3.8) is 0 Å². The van der Waals surface area contributed by atoms with Crippen molar-refractivity contribution in [3.8, 4) is 5.75 Å². The molecule has 1 aromatic carbocycles. The lowest BCUT2D eigenvalue weighted by atomic mass is 9.89. The Kier molecular flexibility index (Phi) is 6.20. The largest absolute Gasteiger partial charge is 0.492 e. The van der Waals surface area contributed by atoms with Gasteiger partial charge in [0.2, 0.25) is 0 Å². The van der Waals surface area contributed by atoms with Crippen LogP contribution >= 0.6 is 0 Å². The third-order valence-electron chi connectivity index (χ3n) is 4.34. The van der Waals surface area contributed by atoms with E-state index in [-0.39, 0.29) is 6.04 Å². The van der Waals surface area contributed by atoms with Gasteiger partial charge in [0.15, 0.2) is 0 Å². The lowest BCUT2D eigenvalue weighted by Gasteiger charge is -2.38. The van der Waals surface area contributed by atoms with Crippen LogP contribution in [0.1, 0.15) is 31.4 Å². The van der Waals surface area contributed by atoms with Gasteiger partial charge in [0.25, 0.3) is 0 Å². The zero-order chi connectivity index (χ0) is 17.7. The van der Waals surface area contributed by atoms with Gasteiger partial charge in [-0.05, 0) is 50.6 Å². The highest BCUT2D eigenvalue weighted by molar-refractivity contribution is 6.34. The zero-order valence-electron chi connectivity index (χ0n) is 14.7. The number of amides is 2. The molecule has 132 valence electrons. The summed E-state index contributed by atoms with van der Waals surface area (Å²) in [4.78, 5) is 27.2. The Morgan fingerprint density at radius 2 is 2.08 bits per heavy atom. The highest BCUT2D eigenvalue weighted by Gasteiger charge is 2.33. The molecule has 0 bridgehead atoms. The number of ether oxygens (including phenoxy) is 1. The molecule has 6 heteroatoms. The third-order valence-corrected chi connectivity index (χ3v) is 4.34. The van der Waals surface area contributed by atoms with Crippen LogP contribution in [0, 0.1) is 5.92 Å². The summed E-state index contributed by atoms with van der Waals surface area (Å²) in [5.41, 5.74) is 6.20. The summed E-state index contributed by atoms with van der Waals surface area (Å²) in [5, 5.41) is 0. The average molecular weight is 333 g/mol. The smallest absolute Gasteiger partial charge is 0.312 e. The predicted molar refractivity (Wildman–Crippen MR) is 92.5 cm³/mol. The number of carbonyl (C=O) groups is 2. The standard InChI is InChI=1S/C18H27N3O3/c1-13-7-8-16(21(12-13)18(23)17(19)22)14-5-4-6-15(11-14)24-10-9-20(2)3/h4-6,11,13,16H,7-10,12H2,1-3H3,(H2,19,22)/t13-,16+/m0/s1. The van der Waals surface area contributed by atoms with Gasteiger partial charge in [0, 0.05) is 13.1 Å². The number of rotatable bonds is 5. The summed E-state index contributed by atoms with van der Waals surface area (Å²) >= 11 is 0. The van der Waals surface area contributed by atoms with Gasteiger partial charge in [-0.1, -0.05) is 19.1 Å². The van der Waals surface area contributed by atoms with Crippen molar-refractivity contribution in [2.45, 2.75) is 25.8 Å². The second-order valence-electron chi connectivity index (χ2n) is 6.74. The highest BCUT2D eigenvalue weighted by Crippen LogP contribution is 2.34. The first-order valence-electron chi connectivity index (χ1n) is 8.36. The molecular weight excluding hydrogens is 306 g/mol. The third kappa shape index (κ3) is 4.71. The lowest BCUT2D eigenvalue weighted by Crippen LogP contribution is -2.46. The molecule has 2 rings (SSSR count). The maximum Gasteiger partial charge on any atom is 0.312 e. The summed E-state index contributed by atoms with van der Waals surface area (Å²) in [6.45, 7) is 4.07. The van der Waals surface area contributed by atoms with Crippen LogP contribution in [0.25, 0.3) is 0 Å². The fourth-order valence-corrected chi connectivity index (χ4v) is 3.02. The van der Waals surface area contributed by atoms with Crippen molar-refractivity contribution in [3.05, 3.63) is 29.8 Å². The number of likely N-dealkylation sites (N-methyl/N-ethyl adjacent to an activating group) is 1. The van der Waals surface area contributed by atoms with E-state index >= 15 is 0 Å². The summed E-state index contributed by atoms with van der Waals surface area (Å²) in [5.74, 6) is -0.360. The number of benzene rings is 1. The van der Waals surface area contributed by atoms with Gasteiger partial charge >= 0.3 is 11.8 Å². The van der Waals surface area contributed by atoms with Gasteiger partial charge in [0.05, 0.1) is 6.04 Å². The molecule has 6 nitrogen and oxygen atoms in total. The van der Waals surface area contributed by atoms with E-state index in [4.69, 9.17) is 10.5 Å². The van der Waals surface area contributed by atoms with E-state index in [1.807, 2.05) is 38.4 Å². The number of piperidine rings is 1. The molecule has 1 saturated heterocycles. The Bertz CT molecular complexity index is 589. The molecule has 24 heavy (non-hydrogen) atoms. The Balaban J connectivity index is 2.15. The van der Waals surface area contributed by atoms with E-state index in [2.05, 4.69) is 11.8 Å². The number of primary amides is 1. The van der Waals surface area contributed by atoms with Crippen molar-refractivity contribution < 1.29 is 14.3 Å². The molecule has 1 aliphatic rings. The summed E-state index contributed by atoms with van der Waals surface area (Å²) in [7, 11) is 3.99. The second-order valence-corrected chi connectivity index (χ2v) is 6.74. The van der Waals surface area contributed by atoms with Crippen molar-refractivity contribution in [1.82, 2.24) is 9.80 Å². The van der Waals surface area contributed by atoms with Gasteiger partial charge < -0.3 is 20.3 Å². The van der Waals surface area contributed by atoms with Crippen LogP contribution in [0.4, 0.5) is 0 Å². The number of hydrogen-bond donors (Lipinski definition) is 1. The second kappa shape index (κ2) is 8.15. The minimum Gasteiger partial charge on any atom is -0.492 e. The van der Waals surface area contributed by atoms with Crippen LogP contribution in [0.15, 0.2) is 24.3 Å². The topological polar surface area (TPSA) is 75.9 Å².